The van der Waals surface area contributed by atoms with Gasteiger partial charge in [0.2, 0.25) is 0 Å². The van der Waals surface area contributed by atoms with Crippen molar-refractivity contribution in [1.29, 1.82) is 0 Å². The molecule has 2 rings (SSSR count). The topological polar surface area (TPSA) is 67.5 Å². The first kappa shape index (κ1) is 10.4. The Morgan fingerprint density at radius 2 is 2.31 bits per heavy atom. The normalized spacial score (nSPS) is 18.8. The molecule has 0 amide bonds. The van der Waals surface area contributed by atoms with E-state index < -0.39 is 4.92 Å². The molecule has 1 aromatic rings. The van der Waals surface area contributed by atoms with Crippen molar-refractivity contribution in [2.24, 2.45) is 5.10 Å². The summed E-state index contributed by atoms with van der Waals surface area (Å²) in [5.41, 5.74) is 4.74. The molecule has 1 heterocycles. The maximum Gasteiger partial charge on any atom is 0.269 e. The lowest BCUT2D eigenvalue weighted by atomic mass is 9.98. The van der Waals surface area contributed by atoms with Gasteiger partial charge >= 0.3 is 0 Å². The van der Waals surface area contributed by atoms with E-state index >= 15 is 0 Å². The van der Waals surface area contributed by atoms with E-state index in [-0.39, 0.29) is 11.6 Å². The van der Waals surface area contributed by atoms with Gasteiger partial charge in [0.15, 0.2) is 0 Å². The van der Waals surface area contributed by atoms with Crippen LogP contribution in [0.1, 0.15) is 18.4 Å². The Morgan fingerprint density at radius 3 is 3.00 bits per heavy atom. The zero-order valence-corrected chi connectivity index (χ0v) is 8.75. The second-order valence-electron chi connectivity index (χ2n) is 3.62. The summed E-state index contributed by atoms with van der Waals surface area (Å²) >= 11 is 0. The van der Waals surface area contributed by atoms with Crippen LogP contribution in [0, 0.1) is 10.1 Å². The summed E-state index contributed by atoms with van der Waals surface area (Å²) in [7, 11) is 0. The van der Waals surface area contributed by atoms with E-state index in [1.165, 1.54) is 6.07 Å². The third-order valence-corrected chi connectivity index (χ3v) is 2.37. The van der Waals surface area contributed by atoms with Crippen LogP contribution < -0.4 is 5.43 Å². The highest BCUT2D eigenvalue weighted by molar-refractivity contribution is 5.72. The molecule has 5 heteroatoms. The molecule has 5 nitrogen and oxygen atoms in total. The summed E-state index contributed by atoms with van der Waals surface area (Å²) in [6.45, 7) is 1.90. The zero-order valence-electron chi connectivity index (χ0n) is 8.75. The van der Waals surface area contributed by atoms with Crippen molar-refractivity contribution in [1.82, 2.24) is 5.43 Å². The average Bonchev–Trinajstić information content (AvgIpc) is 2.29. The molecule has 0 bridgehead atoms. The summed E-state index contributed by atoms with van der Waals surface area (Å²) in [4.78, 5) is 10.3. The van der Waals surface area contributed by atoms with Crippen molar-refractivity contribution >= 4 is 11.9 Å². The first-order valence-corrected chi connectivity index (χ1v) is 4.89. The summed E-state index contributed by atoms with van der Waals surface area (Å²) in [5.74, 6) is 0.00106. The van der Waals surface area contributed by atoms with Gasteiger partial charge in [0.25, 0.3) is 5.69 Å². The van der Waals surface area contributed by atoms with Crippen LogP contribution in [0.4, 0.5) is 5.69 Å². The molecule has 0 aromatic heterocycles. The van der Waals surface area contributed by atoms with Gasteiger partial charge in [0.1, 0.15) is 0 Å². The Labute approximate surface area is 92.6 Å². The van der Waals surface area contributed by atoms with Crippen LogP contribution in [0.2, 0.25) is 0 Å². The molecule has 0 spiro atoms. The van der Waals surface area contributed by atoms with Crippen LogP contribution in [-0.4, -0.2) is 11.1 Å². The van der Waals surface area contributed by atoms with Crippen molar-refractivity contribution in [3.8, 4) is 0 Å². The molecule has 0 saturated carbocycles. The molecule has 82 valence electrons. The van der Waals surface area contributed by atoms with Crippen molar-refractivity contribution < 1.29 is 4.92 Å². The Hall–Kier alpha value is -2.17. The first-order chi connectivity index (χ1) is 7.66. The predicted octanol–water partition coefficient (Wildman–Crippen LogP) is 2.17. The van der Waals surface area contributed by atoms with Crippen molar-refractivity contribution in [3.05, 3.63) is 51.7 Å². The standard InChI is InChI=1S/C11H11N3O2/c1-8-5-10(7-12-13-8)9-3-2-4-11(6-9)14(15)16/h2-7,10,13H,1H3. The molecule has 0 aliphatic carbocycles. The highest BCUT2D eigenvalue weighted by Crippen LogP contribution is 2.22. The number of hydrogen-bond acceptors (Lipinski definition) is 4. The molecule has 1 atom stereocenters. The Morgan fingerprint density at radius 1 is 1.50 bits per heavy atom. The number of nitrogens with one attached hydrogen (secondary N) is 1. The molecule has 0 radical (unpaired) electrons. The molecular weight excluding hydrogens is 206 g/mol. The first-order valence-electron chi connectivity index (χ1n) is 4.89. The number of non-ortho nitro benzene ring substituents is 1. The van der Waals surface area contributed by atoms with E-state index in [1.807, 2.05) is 19.1 Å². The van der Waals surface area contributed by atoms with Gasteiger partial charge < -0.3 is 0 Å². The fourth-order valence-electron chi connectivity index (χ4n) is 1.60. The second kappa shape index (κ2) is 4.14. The largest absolute Gasteiger partial charge is 0.283 e. The number of nitro benzene ring substituents is 1. The molecule has 1 aromatic carbocycles. The quantitative estimate of drug-likeness (QED) is 0.609. The van der Waals surface area contributed by atoms with Gasteiger partial charge in [0, 0.05) is 30.0 Å². The number of allylic oxidation sites excluding steroid dienone is 2. The van der Waals surface area contributed by atoms with E-state index in [0.29, 0.717) is 0 Å². The Kier molecular flexibility index (Phi) is 2.68. The third-order valence-electron chi connectivity index (χ3n) is 2.37. The van der Waals surface area contributed by atoms with Crippen molar-refractivity contribution in [2.45, 2.75) is 12.8 Å². The lowest BCUT2D eigenvalue weighted by Gasteiger charge is -2.14. The van der Waals surface area contributed by atoms with Gasteiger partial charge in [0.05, 0.1) is 4.92 Å². The van der Waals surface area contributed by atoms with Gasteiger partial charge in [-0.1, -0.05) is 18.2 Å². The number of rotatable bonds is 2. The molecule has 1 aliphatic rings. The van der Waals surface area contributed by atoms with Crippen LogP contribution >= 0.6 is 0 Å². The number of hydrazone groups is 1. The Bertz CT molecular complexity index is 480. The van der Waals surface area contributed by atoms with E-state index in [1.54, 1.807) is 18.3 Å². The second-order valence-corrected chi connectivity index (χ2v) is 3.62. The average molecular weight is 217 g/mol. The smallest absolute Gasteiger partial charge is 0.269 e. The summed E-state index contributed by atoms with van der Waals surface area (Å²) < 4.78 is 0. The van der Waals surface area contributed by atoms with Crippen LogP contribution in [0.5, 0.6) is 0 Å². The van der Waals surface area contributed by atoms with Gasteiger partial charge in [-0.2, -0.15) is 5.10 Å². The number of hydrogen-bond donors (Lipinski definition) is 1. The van der Waals surface area contributed by atoms with Crippen molar-refractivity contribution in [2.75, 3.05) is 0 Å². The SMILES string of the molecule is CC1=CC(c2cccc([N+](=O)[O-])c2)C=NN1. The molecule has 1 unspecified atom stereocenters. The Balaban J connectivity index is 2.33. The highest BCUT2D eigenvalue weighted by atomic mass is 16.6. The lowest BCUT2D eigenvalue weighted by Crippen LogP contribution is -2.12. The van der Waals surface area contributed by atoms with Crippen LogP contribution in [-0.2, 0) is 0 Å². The zero-order chi connectivity index (χ0) is 11.5. The predicted molar refractivity (Wildman–Crippen MR) is 61.2 cm³/mol. The summed E-state index contributed by atoms with van der Waals surface area (Å²) in [6, 6.07) is 6.61. The molecule has 0 saturated heterocycles. The van der Waals surface area contributed by atoms with Gasteiger partial charge in [-0.15, -0.1) is 0 Å². The maximum absolute atomic E-state index is 10.6. The van der Waals surface area contributed by atoms with E-state index in [2.05, 4.69) is 10.5 Å². The minimum absolute atomic E-state index is 0.00106. The fraction of sp³-hybridized carbons (Fsp3) is 0.182. The highest BCUT2D eigenvalue weighted by Gasteiger charge is 2.13. The maximum atomic E-state index is 10.6. The van der Waals surface area contributed by atoms with E-state index in [9.17, 15) is 10.1 Å². The number of benzene rings is 1. The molecular formula is C11H11N3O2. The van der Waals surface area contributed by atoms with Gasteiger partial charge in [-0.25, -0.2) is 0 Å². The fourth-order valence-corrected chi connectivity index (χ4v) is 1.60. The number of nitrogens with zero attached hydrogens (tertiary/aromatic N) is 2. The van der Waals surface area contributed by atoms with Crippen LogP contribution in [0.3, 0.4) is 0 Å². The van der Waals surface area contributed by atoms with Gasteiger partial charge in [-0.3, -0.25) is 15.5 Å². The third kappa shape index (κ3) is 2.08. The van der Waals surface area contributed by atoms with Gasteiger partial charge in [-0.05, 0) is 12.5 Å². The van der Waals surface area contributed by atoms with Crippen LogP contribution in [0.25, 0.3) is 0 Å². The minimum atomic E-state index is -0.391. The van der Waals surface area contributed by atoms with E-state index in [4.69, 9.17) is 0 Å². The summed E-state index contributed by atoms with van der Waals surface area (Å²) in [6.07, 6.45) is 3.71. The molecule has 0 fully saturated rings. The minimum Gasteiger partial charge on any atom is -0.283 e. The molecule has 16 heavy (non-hydrogen) atoms. The van der Waals surface area contributed by atoms with Crippen LogP contribution in [0.15, 0.2) is 41.1 Å². The molecule has 1 aliphatic heterocycles. The molecule has 1 N–H and O–H groups in total. The van der Waals surface area contributed by atoms with Crippen molar-refractivity contribution in [3.63, 3.8) is 0 Å². The van der Waals surface area contributed by atoms with E-state index in [0.717, 1.165) is 11.3 Å². The monoisotopic (exact) mass is 217 g/mol. The number of nitro groups is 1. The lowest BCUT2D eigenvalue weighted by molar-refractivity contribution is -0.384. The summed E-state index contributed by atoms with van der Waals surface area (Å²) in [5, 5.41) is 14.6.